The van der Waals surface area contributed by atoms with Crippen molar-refractivity contribution in [3.05, 3.63) is 35.5 Å². The van der Waals surface area contributed by atoms with Gasteiger partial charge in [0.2, 0.25) is 11.8 Å². The molecule has 1 N–H and O–H groups in total. The van der Waals surface area contributed by atoms with Gasteiger partial charge in [0.05, 0.1) is 13.1 Å². The SMILES string of the molecule is CC(C)CCN1CC(=O)N2Cc3[nH]c4ccccc4c3C[C@H]2C1=O. The van der Waals surface area contributed by atoms with Gasteiger partial charge < -0.3 is 14.8 Å². The second kappa shape index (κ2) is 5.65. The number of H-pyrrole nitrogens is 1. The van der Waals surface area contributed by atoms with E-state index in [4.69, 9.17) is 0 Å². The molecule has 4 rings (SSSR count). The maximum absolute atomic E-state index is 12.9. The van der Waals surface area contributed by atoms with Crippen LogP contribution in [-0.4, -0.2) is 45.7 Å². The minimum absolute atomic E-state index is 0.0627. The van der Waals surface area contributed by atoms with E-state index in [1.807, 2.05) is 18.2 Å². The fourth-order valence-electron chi connectivity index (χ4n) is 3.84. The van der Waals surface area contributed by atoms with Gasteiger partial charge in [-0.1, -0.05) is 32.0 Å². The zero-order chi connectivity index (χ0) is 16.8. The van der Waals surface area contributed by atoms with Crippen LogP contribution in [0.5, 0.6) is 0 Å². The zero-order valence-electron chi connectivity index (χ0n) is 14.2. The van der Waals surface area contributed by atoms with Crippen molar-refractivity contribution in [2.24, 2.45) is 5.92 Å². The van der Waals surface area contributed by atoms with Crippen LogP contribution in [0.3, 0.4) is 0 Å². The van der Waals surface area contributed by atoms with Crippen LogP contribution >= 0.6 is 0 Å². The number of piperazine rings is 1. The fourth-order valence-corrected chi connectivity index (χ4v) is 3.84. The maximum atomic E-state index is 12.9. The molecule has 5 heteroatoms. The fraction of sp³-hybridized carbons (Fsp3) is 0.474. The minimum atomic E-state index is -0.342. The topological polar surface area (TPSA) is 56.4 Å². The summed E-state index contributed by atoms with van der Waals surface area (Å²) in [5, 5.41) is 1.17. The van der Waals surface area contributed by atoms with Crippen LogP contribution in [0.2, 0.25) is 0 Å². The Hall–Kier alpha value is -2.30. The van der Waals surface area contributed by atoms with Gasteiger partial charge in [-0.2, -0.15) is 0 Å². The molecule has 2 amide bonds. The molecular weight excluding hydrogens is 302 g/mol. The molecule has 1 atom stereocenters. The number of aromatic amines is 1. The van der Waals surface area contributed by atoms with Gasteiger partial charge in [-0.15, -0.1) is 0 Å². The number of carbonyl (C=O) groups excluding carboxylic acids is 2. The van der Waals surface area contributed by atoms with Crippen molar-refractivity contribution in [2.45, 2.75) is 39.3 Å². The molecule has 5 nitrogen and oxygen atoms in total. The summed E-state index contributed by atoms with van der Waals surface area (Å²) in [5.41, 5.74) is 3.35. The molecule has 0 aliphatic carbocycles. The first-order valence-corrected chi connectivity index (χ1v) is 8.71. The van der Waals surface area contributed by atoms with Crippen molar-refractivity contribution in [3.8, 4) is 0 Å². The average Bonchev–Trinajstić information content (AvgIpc) is 2.93. The van der Waals surface area contributed by atoms with Crippen molar-refractivity contribution in [3.63, 3.8) is 0 Å². The lowest BCUT2D eigenvalue weighted by Gasteiger charge is -2.42. The van der Waals surface area contributed by atoms with Crippen LogP contribution < -0.4 is 0 Å². The van der Waals surface area contributed by atoms with E-state index in [0.29, 0.717) is 25.4 Å². The molecule has 0 unspecified atom stereocenters. The summed E-state index contributed by atoms with van der Waals surface area (Å²) in [7, 11) is 0. The Morgan fingerprint density at radius 3 is 2.79 bits per heavy atom. The summed E-state index contributed by atoms with van der Waals surface area (Å²) < 4.78 is 0. The van der Waals surface area contributed by atoms with Gasteiger partial charge in [-0.05, 0) is 24.0 Å². The molecule has 1 saturated heterocycles. The predicted molar refractivity (Wildman–Crippen MR) is 92.4 cm³/mol. The number of aromatic nitrogens is 1. The molecule has 2 aliphatic heterocycles. The molecule has 2 aliphatic rings. The number of amides is 2. The summed E-state index contributed by atoms with van der Waals surface area (Å²) in [5.74, 6) is 0.691. The van der Waals surface area contributed by atoms with E-state index in [1.165, 1.54) is 10.9 Å². The highest BCUT2D eigenvalue weighted by Crippen LogP contribution is 2.32. The number of hydrogen-bond acceptors (Lipinski definition) is 2. The van der Waals surface area contributed by atoms with Crippen molar-refractivity contribution in [1.82, 2.24) is 14.8 Å². The summed E-state index contributed by atoms with van der Waals surface area (Å²) in [4.78, 5) is 32.4. The molecule has 0 radical (unpaired) electrons. The molecule has 0 saturated carbocycles. The van der Waals surface area contributed by atoms with Crippen molar-refractivity contribution >= 4 is 22.7 Å². The third-order valence-electron chi connectivity index (χ3n) is 5.22. The summed E-state index contributed by atoms with van der Waals surface area (Å²) in [6.07, 6.45) is 1.55. The molecule has 0 bridgehead atoms. The third-order valence-corrected chi connectivity index (χ3v) is 5.22. The highest BCUT2D eigenvalue weighted by molar-refractivity contribution is 5.96. The Morgan fingerprint density at radius 2 is 2.00 bits per heavy atom. The quantitative estimate of drug-likeness (QED) is 0.941. The molecule has 24 heavy (non-hydrogen) atoms. The number of fused-ring (bicyclic) bond motifs is 4. The zero-order valence-corrected chi connectivity index (χ0v) is 14.2. The number of nitrogens with zero attached hydrogens (tertiary/aromatic N) is 2. The van der Waals surface area contributed by atoms with Crippen molar-refractivity contribution in [1.29, 1.82) is 0 Å². The molecule has 3 heterocycles. The highest BCUT2D eigenvalue weighted by Gasteiger charge is 2.42. The summed E-state index contributed by atoms with van der Waals surface area (Å²) in [6, 6.07) is 7.81. The normalized spacial score (nSPS) is 20.7. The number of hydrogen-bond donors (Lipinski definition) is 1. The van der Waals surface area contributed by atoms with E-state index in [-0.39, 0.29) is 24.4 Å². The third kappa shape index (κ3) is 2.39. The lowest BCUT2D eigenvalue weighted by atomic mass is 9.93. The molecule has 1 fully saturated rings. The van der Waals surface area contributed by atoms with Crippen LogP contribution in [0.15, 0.2) is 24.3 Å². The van der Waals surface area contributed by atoms with Crippen LogP contribution in [0.25, 0.3) is 10.9 Å². The average molecular weight is 325 g/mol. The van der Waals surface area contributed by atoms with E-state index in [2.05, 4.69) is 24.9 Å². The molecule has 0 spiro atoms. The van der Waals surface area contributed by atoms with E-state index < -0.39 is 0 Å². The number of nitrogens with one attached hydrogen (secondary N) is 1. The Kier molecular flexibility index (Phi) is 3.59. The van der Waals surface area contributed by atoms with E-state index in [1.54, 1.807) is 9.80 Å². The Balaban J connectivity index is 1.65. The largest absolute Gasteiger partial charge is 0.357 e. The molecule has 1 aromatic heterocycles. The Morgan fingerprint density at radius 1 is 1.21 bits per heavy atom. The Labute approximate surface area is 141 Å². The van der Waals surface area contributed by atoms with Crippen LogP contribution in [0.4, 0.5) is 0 Å². The molecule has 1 aromatic carbocycles. The van der Waals surface area contributed by atoms with Gasteiger partial charge in [0, 0.05) is 29.6 Å². The van der Waals surface area contributed by atoms with E-state index in [0.717, 1.165) is 17.6 Å². The van der Waals surface area contributed by atoms with Gasteiger partial charge in [0.15, 0.2) is 0 Å². The van der Waals surface area contributed by atoms with Gasteiger partial charge in [-0.25, -0.2) is 0 Å². The maximum Gasteiger partial charge on any atom is 0.246 e. The number of carbonyl (C=O) groups is 2. The lowest BCUT2D eigenvalue weighted by molar-refractivity contribution is -0.157. The lowest BCUT2D eigenvalue weighted by Crippen LogP contribution is -2.61. The monoisotopic (exact) mass is 325 g/mol. The molecular formula is C19H23N3O2. The standard InChI is InChI=1S/C19H23N3O2/c1-12(2)7-8-21-11-18(23)22-10-16-14(9-17(22)19(21)24)13-5-3-4-6-15(13)20-16/h3-6,12,17,20H,7-11H2,1-2H3/t17-/m0/s1. The van der Waals surface area contributed by atoms with Gasteiger partial charge in [-0.3, -0.25) is 9.59 Å². The van der Waals surface area contributed by atoms with E-state index in [9.17, 15) is 9.59 Å². The number of benzene rings is 1. The first-order chi connectivity index (χ1) is 11.5. The first kappa shape index (κ1) is 15.2. The second-order valence-corrected chi connectivity index (χ2v) is 7.31. The summed E-state index contributed by atoms with van der Waals surface area (Å²) >= 11 is 0. The van der Waals surface area contributed by atoms with Crippen LogP contribution in [-0.2, 0) is 22.6 Å². The first-order valence-electron chi connectivity index (χ1n) is 8.71. The second-order valence-electron chi connectivity index (χ2n) is 7.31. The molecule has 126 valence electrons. The van der Waals surface area contributed by atoms with Gasteiger partial charge in [0.25, 0.3) is 0 Å². The van der Waals surface area contributed by atoms with Crippen molar-refractivity contribution < 1.29 is 9.59 Å². The summed E-state index contributed by atoms with van der Waals surface area (Å²) in [6.45, 7) is 5.69. The smallest absolute Gasteiger partial charge is 0.246 e. The van der Waals surface area contributed by atoms with Crippen LogP contribution in [0, 0.1) is 5.92 Å². The highest BCUT2D eigenvalue weighted by atomic mass is 16.2. The number of rotatable bonds is 3. The minimum Gasteiger partial charge on any atom is -0.357 e. The number of para-hydroxylation sites is 1. The van der Waals surface area contributed by atoms with Crippen LogP contribution in [0.1, 0.15) is 31.5 Å². The molecule has 2 aromatic rings. The van der Waals surface area contributed by atoms with Crippen molar-refractivity contribution in [2.75, 3.05) is 13.1 Å². The van der Waals surface area contributed by atoms with E-state index >= 15 is 0 Å². The van der Waals surface area contributed by atoms with Gasteiger partial charge >= 0.3 is 0 Å². The predicted octanol–water partition coefficient (Wildman–Crippen LogP) is 2.31. The van der Waals surface area contributed by atoms with Gasteiger partial charge in [0.1, 0.15) is 6.04 Å². The Bertz CT molecular complexity index is 808.